The van der Waals surface area contributed by atoms with Gasteiger partial charge in [-0.15, -0.1) is 0 Å². The summed E-state index contributed by atoms with van der Waals surface area (Å²) in [7, 11) is 0. The van der Waals surface area contributed by atoms with Crippen molar-refractivity contribution in [1.29, 1.82) is 5.26 Å². The maximum Gasteiger partial charge on any atom is 0.234 e. The monoisotopic (exact) mass is 292 g/mol. The Morgan fingerprint density at radius 3 is 2.64 bits per heavy atom. The first-order chi connectivity index (χ1) is 10.8. The Labute approximate surface area is 131 Å². The van der Waals surface area contributed by atoms with Crippen molar-refractivity contribution in [2.45, 2.75) is 44.6 Å². The molecule has 1 saturated carbocycles. The van der Waals surface area contributed by atoms with E-state index in [1.54, 1.807) is 6.20 Å². The van der Waals surface area contributed by atoms with Crippen molar-refractivity contribution >= 4 is 5.82 Å². The summed E-state index contributed by atoms with van der Waals surface area (Å²) in [5.74, 6) is 1.08. The highest BCUT2D eigenvalue weighted by Gasteiger charge is 2.17. The maximum absolute atomic E-state index is 9.02. The molecule has 4 heteroatoms. The largest absolute Gasteiger partial charge is 0.367 e. The van der Waals surface area contributed by atoms with Crippen LogP contribution in [0.5, 0.6) is 0 Å². The van der Waals surface area contributed by atoms with Crippen LogP contribution >= 0.6 is 0 Å². The molecule has 0 aliphatic heterocycles. The zero-order valence-electron chi connectivity index (χ0n) is 12.6. The van der Waals surface area contributed by atoms with Crippen LogP contribution < -0.4 is 5.32 Å². The molecule has 1 fully saturated rings. The smallest absolute Gasteiger partial charge is 0.234 e. The van der Waals surface area contributed by atoms with Crippen molar-refractivity contribution in [3.05, 3.63) is 53.5 Å². The van der Waals surface area contributed by atoms with Gasteiger partial charge in [0.2, 0.25) is 5.82 Å². The van der Waals surface area contributed by atoms with Gasteiger partial charge in [0.15, 0.2) is 0 Å². The fraction of sp³-hybridized carbons (Fsp3) is 0.389. The molecule has 112 valence electrons. The van der Waals surface area contributed by atoms with E-state index in [1.165, 1.54) is 31.2 Å². The summed E-state index contributed by atoms with van der Waals surface area (Å²) in [5.41, 5.74) is 2.40. The molecule has 0 bridgehead atoms. The molecule has 3 rings (SSSR count). The second kappa shape index (κ2) is 7.04. The molecular formula is C18H20N4. The van der Waals surface area contributed by atoms with E-state index in [4.69, 9.17) is 5.26 Å². The van der Waals surface area contributed by atoms with E-state index in [2.05, 4.69) is 39.6 Å². The van der Waals surface area contributed by atoms with Crippen LogP contribution in [-0.2, 0) is 12.8 Å². The highest BCUT2D eigenvalue weighted by Crippen LogP contribution is 2.23. The molecule has 1 N–H and O–H groups in total. The van der Waals surface area contributed by atoms with E-state index in [-0.39, 0.29) is 5.82 Å². The lowest BCUT2D eigenvalue weighted by Gasteiger charge is -2.16. The van der Waals surface area contributed by atoms with Crippen molar-refractivity contribution in [3.63, 3.8) is 0 Å². The van der Waals surface area contributed by atoms with Gasteiger partial charge in [0, 0.05) is 17.8 Å². The highest BCUT2D eigenvalue weighted by atomic mass is 15.1. The summed E-state index contributed by atoms with van der Waals surface area (Å²) < 4.78 is 0. The molecule has 0 unspecified atom stereocenters. The van der Waals surface area contributed by atoms with E-state index in [0.29, 0.717) is 6.04 Å². The van der Waals surface area contributed by atoms with E-state index in [9.17, 15) is 0 Å². The minimum absolute atomic E-state index is 0.240. The lowest BCUT2D eigenvalue weighted by atomic mass is 10.1. The summed E-state index contributed by atoms with van der Waals surface area (Å²) in [4.78, 5) is 8.52. The van der Waals surface area contributed by atoms with Gasteiger partial charge in [-0.1, -0.05) is 43.2 Å². The highest BCUT2D eigenvalue weighted by molar-refractivity contribution is 5.45. The van der Waals surface area contributed by atoms with E-state index < -0.39 is 0 Å². The van der Waals surface area contributed by atoms with Gasteiger partial charge in [0.25, 0.3) is 0 Å². The molecule has 1 aliphatic carbocycles. The number of nitrogens with one attached hydrogen (secondary N) is 1. The number of rotatable bonds is 5. The fourth-order valence-corrected chi connectivity index (χ4v) is 2.96. The summed E-state index contributed by atoms with van der Waals surface area (Å²) in [6, 6.07) is 12.9. The summed E-state index contributed by atoms with van der Waals surface area (Å²) in [5, 5.41) is 12.5. The molecule has 1 aliphatic rings. The second-order valence-electron chi connectivity index (χ2n) is 5.79. The lowest BCUT2D eigenvalue weighted by Crippen LogP contribution is -2.18. The Morgan fingerprint density at radius 1 is 1.14 bits per heavy atom. The third kappa shape index (κ3) is 3.62. The third-order valence-electron chi connectivity index (χ3n) is 4.19. The topological polar surface area (TPSA) is 61.6 Å². The van der Waals surface area contributed by atoms with E-state index >= 15 is 0 Å². The van der Waals surface area contributed by atoms with Crippen molar-refractivity contribution in [2.75, 3.05) is 5.32 Å². The van der Waals surface area contributed by atoms with Crippen LogP contribution in [0, 0.1) is 11.3 Å². The predicted octanol–water partition coefficient (Wildman–Crippen LogP) is 3.49. The number of benzene rings is 1. The molecule has 1 heterocycles. The minimum atomic E-state index is 0.240. The molecule has 4 nitrogen and oxygen atoms in total. The molecule has 0 amide bonds. The average molecular weight is 292 g/mol. The molecule has 0 saturated heterocycles. The zero-order valence-corrected chi connectivity index (χ0v) is 12.6. The summed E-state index contributed by atoms with van der Waals surface area (Å²) in [6.45, 7) is 0. The zero-order chi connectivity index (χ0) is 15.2. The normalized spacial score (nSPS) is 14.7. The first-order valence-corrected chi connectivity index (χ1v) is 7.91. The molecule has 22 heavy (non-hydrogen) atoms. The van der Waals surface area contributed by atoms with Gasteiger partial charge < -0.3 is 5.32 Å². The number of anilines is 1. The van der Waals surface area contributed by atoms with Gasteiger partial charge in [-0.25, -0.2) is 9.97 Å². The quantitative estimate of drug-likeness (QED) is 0.916. The standard InChI is InChI=1S/C18H20N4/c19-12-17-20-13-15(11-10-14-6-2-1-3-7-14)18(22-17)21-16-8-4-5-9-16/h1-3,6-7,13,16H,4-5,8-11H2,(H,20,21,22). The molecule has 1 aromatic carbocycles. The summed E-state index contributed by atoms with van der Waals surface area (Å²) in [6.07, 6.45) is 8.54. The Balaban J connectivity index is 1.75. The lowest BCUT2D eigenvalue weighted by molar-refractivity contribution is 0.744. The first kappa shape index (κ1) is 14.5. The van der Waals surface area contributed by atoms with Crippen LogP contribution in [0.3, 0.4) is 0 Å². The molecular weight excluding hydrogens is 272 g/mol. The molecule has 2 aromatic rings. The SMILES string of the molecule is N#Cc1ncc(CCc2ccccc2)c(NC2CCCC2)n1. The number of aryl methyl sites for hydroxylation is 2. The Morgan fingerprint density at radius 2 is 1.91 bits per heavy atom. The van der Waals surface area contributed by atoms with Crippen LogP contribution in [0.15, 0.2) is 36.5 Å². The number of nitriles is 1. The minimum Gasteiger partial charge on any atom is -0.367 e. The molecule has 0 radical (unpaired) electrons. The maximum atomic E-state index is 9.02. The van der Waals surface area contributed by atoms with Gasteiger partial charge in [0.1, 0.15) is 11.9 Å². The van der Waals surface area contributed by atoms with Crippen molar-refractivity contribution < 1.29 is 0 Å². The van der Waals surface area contributed by atoms with Crippen LogP contribution in [0.1, 0.15) is 42.6 Å². The van der Waals surface area contributed by atoms with Gasteiger partial charge in [-0.05, 0) is 31.2 Å². The van der Waals surface area contributed by atoms with Crippen LogP contribution in [0.4, 0.5) is 5.82 Å². The van der Waals surface area contributed by atoms with E-state index in [1.807, 2.05) is 12.1 Å². The van der Waals surface area contributed by atoms with Gasteiger partial charge >= 0.3 is 0 Å². The van der Waals surface area contributed by atoms with E-state index in [0.717, 1.165) is 24.2 Å². The van der Waals surface area contributed by atoms with Crippen LogP contribution in [-0.4, -0.2) is 16.0 Å². The first-order valence-electron chi connectivity index (χ1n) is 7.91. The number of aromatic nitrogens is 2. The second-order valence-corrected chi connectivity index (χ2v) is 5.79. The van der Waals surface area contributed by atoms with Crippen molar-refractivity contribution in [3.8, 4) is 6.07 Å². The molecule has 0 atom stereocenters. The van der Waals surface area contributed by atoms with Gasteiger partial charge in [-0.2, -0.15) is 5.26 Å². The predicted molar refractivity (Wildman–Crippen MR) is 86.5 cm³/mol. The Kier molecular flexibility index (Phi) is 4.65. The molecule has 0 spiro atoms. The van der Waals surface area contributed by atoms with Crippen molar-refractivity contribution in [1.82, 2.24) is 9.97 Å². The summed E-state index contributed by atoms with van der Waals surface area (Å²) >= 11 is 0. The fourth-order valence-electron chi connectivity index (χ4n) is 2.96. The van der Waals surface area contributed by atoms with Crippen LogP contribution in [0.2, 0.25) is 0 Å². The number of nitrogens with zero attached hydrogens (tertiary/aromatic N) is 3. The Bertz CT molecular complexity index is 655. The van der Waals surface area contributed by atoms with Gasteiger partial charge in [0.05, 0.1) is 0 Å². The molecule has 1 aromatic heterocycles. The number of hydrogen-bond acceptors (Lipinski definition) is 4. The van der Waals surface area contributed by atoms with Gasteiger partial charge in [-0.3, -0.25) is 0 Å². The third-order valence-corrected chi connectivity index (χ3v) is 4.19. The van der Waals surface area contributed by atoms with Crippen molar-refractivity contribution in [2.24, 2.45) is 0 Å². The number of hydrogen-bond donors (Lipinski definition) is 1. The van der Waals surface area contributed by atoms with Crippen LogP contribution in [0.25, 0.3) is 0 Å². The Hall–Kier alpha value is -2.41. The average Bonchev–Trinajstić information content (AvgIpc) is 3.07.